The van der Waals surface area contributed by atoms with E-state index in [1.54, 1.807) is 0 Å². The van der Waals surface area contributed by atoms with Crippen molar-refractivity contribution in [2.24, 2.45) is 0 Å². The third kappa shape index (κ3) is 4.80. The Morgan fingerprint density at radius 3 is 2.55 bits per heavy atom. The molecule has 0 aliphatic heterocycles. The maximum Gasteiger partial charge on any atom is 0.323 e. The van der Waals surface area contributed by atoms with Crippen LogP contribution in [0.4, 0.5) is 11.9 Å². The van der Waals surface area contributed by atoms with Crippen molar-refractivity contribution >= 4 is 11.9 Å². The second-order valence-electron chi connectivity index (χ2n) is 4.57. The molecule has 1 rings (SSSR count). The number of nitrogens with zero attached hydrogens (tertiary/aromatic N) is 4. The number of ether oxygens (including phenoxy) is 1. The highest BCUT2D eigenvalue weighted by Crippen LogP contribution is 2.17. The molecule has 1 aromatic heterocycles. The standard InChI is InChI=1S/C13H25N5O2/c1-5-14-11-15-12(17-13(16-11)20-6-2)18(10(3)4)8-7-9-19/h10,19H,5-9H2,1-4H3,(H,14,15,16,17). The van der Waals surface area contributed by atoms with Crippen LogP contribution in [0.2, 0.25) is 0 Å². The third-order valence-corrected chi connectivity index (χ3v) is 2.65. The average molecular weight is 283 g/mol. The molecule has 0 saturated heterocycles. The van der Waals surface area contributed by atoms with Crippen molar-refractivity contribution in [2.45, 2.75) is 40.2 Å². The highest BCUT2D eigenvalue weighted by Gasteiger charge is 2.16. The first-order chi connectivity index (χ1) is 9.62. The van der Waals surface area contributed by atoms with Crippen LogP contribution in [0.1, 0.15) is 34.1 Å². The first-order valence-corrected chi connectivity index (χ1v) is 7.12. The first kappa shape index (κ1) is 16.4. The summed E-state index contributed by atoms with van der Waals surface area (Å²) in [7, 11) is 0. The molecule has 0 saturated carbocycles. The summed E-state index contributed by atoms with van der Waals surface area (Å²) < 4.78 is 5.39. The van der Waals surface area contributed by atoms with Crippen molar-refractivity contribution in [3.63, 3.8) is 0 Å². The molecule has 0 atom stereocenters. The van der Waals surface area contributed by atoms with E-state index in [1.807, 2.05) is 18.7 Å². The fourth-order valence-corrected chi connectivity index (χ4v) is 1.74. The molecule has 0 bridgehead atoms. The highest BCUT2D eigenvalue weighted by molar-refractivity contribution is 5.39. The summed E-state index contributed by atoms with van der Waals surface area (Å²) in [5.74, 6) is 1.08. The minimum Gasteiger partial charge on any atom is -0.464 e. The number of hydrogen-bond donors (Lipinski definition) is 2. The molecule has 0 fully saturated rings. The van der Waals surface area contributed by atoms with Gasteiger partial charge in [-0.05, 0) is 34.1 Å². The molecule has 0 aliphatic rings. The molecule has 2 N–H and O–H groups in total. The Hall–Kier alpha value is -1.63. The van der Waals surface area contributed by atoms with Crippen molar-refractivity contribution in [1.29, 1.82) is 0 Å². The number of nitrogens with one attached hydrogen (secondary N) is 1. The molecule has 1 heterocycles. The van der Waals surface area contributed by atoms with Crippen LogP contribution >= 0.6 is 0 Å². The lowest BCUT2D eigenvalue weighted by Crippen LogP contribution is -2.34. The zero-order valence-corrected chi connectivity index (χ0v) is 12.8. The summed E-state index contributed by atoms with van der Waals surface area (Å²) in [6.07, 6.45) is 0.671. The molecule has 0 radical (unpaired) electrons. The molecule has 114 valence electrons. The van der Waals surface area contributed by atoms with Gasteiger partial charge in [0.25, 0.3) is 0 Å². The van der Waals surface area contributed by atoms with Crippen LogP contribution in [-0.2, 0) is 0 Å². The number of aromatic nitrogens is 3. The summed E-state index contributed by atoms with van der Waals surface area (Å²) in [5.41, 5.74) is 0. The molecule has 0 unspecified atom stereocenters. The van der Waals surface area contributed by atoms with Gasteiger partial charge in [0.15, 0.2) is 0 Å². The van der Waals surface area contributed by atoms with Gasteiger partial charge in [-0.1, -0.05) is 0 Å². The van der Waals surface area contributed by atoms with Gasteiger partial charge in [0.2, 0.25) is 11.9 Å². The molecular weight excluding hydrogens is 258 g/mol. The maximum absolute atomic E-state index is 9.00. The van der Waals surface area contributed by atoms with Gasteiger partial charge in [0.05, 0.1) is 6.61 Å². The lowest BCUT2D eigenvalue weighted by molar-refractivity contribution is 0.288. The quantitative estimate of drug-likeness (QED) is 0.706. The van der Waals surface area contributed by atoms with Crippen molar-refractivity contribution in [3.05, 3.63) is 0 Å². The van der Waals surface area contributed by atoms with Gasteiger partial charge in [-0.3, -0.25) is 0 Å². The summed E-state index contributed by atoms with van der Waals surface area (Å²) >= 11 is 0. The average Bonchev–Trinajstić information content (AvgIpc) is 2.39. The van der Waals surface area contributed by atoms with E-state index in [1.165, 1.54) is 0 Å². The number of rotatable bonds is 9. The van der Waals surface area contributed by atoms with Crippen LogP contribution in [0.25, 0.3) is 0 Å². The molecule has 0 amide bonds. The molecule has 1 aromatic rings. The third-order valence-electron chi connectivity index (χ3n) is 2.65. The zero-order valence-electron chi connectivity index (χ0n) is 12.8. The number of aliphatic hydroxyl groups is 1. The van der Waals surface area contributed by atoms with Gasteiger partial charge in [-0.25, -0.2) is 0 Å². The van der Waals surface area contributed by atoms with Crippen LogP contribution < -0.4 is 15.0 Å². The van der Waals surface area contributed by atoms with Gasteiger partial charge in [0.1, 0.15) is 0 Å². The first-order valence-electron chi connectivity index (χ1n) is 7.12. The van der Waals surface area contributed by atoms with E-state index in [0.717, 1.165) is 6.54 Å². The van der Waals surface area contributed by atoms with Crippen LogP contribution in [0.15, 0.2) is 0 Å². The monoisotopic (exact) mass is 283 g/mol. The zero-order chi connectivity index (χ0) is 15.0. The van der Waals surface area contributed by atoms with Crippen LogP contribution in [0.3, 0.4) is 0 Å². The van der Waals surface area contributed by atoms with Gasteiger partial charge in [-0.2, -0.15) is 15.0 Å². The summed E-state index contributed by atoms with van der Waals surface area (Å²) in [5, 5.41) is 12.1. The topological polar surface area (TPSA) is 83.4 Å². The number of anilines is 2. The van der Waals surface area contributed by atoms with E-state index in [0.29, 0.717) is 37.5 Å². The Labute approximate surface area is 120 Å². The lowest BCUT2D eigenvalue weighted by Gasteiger charge is -2.26. The minimum atomic E-state index is 0.146. The minimum absolute atomic E-state index is 0.146. The van der Waals surface area contributed by atoms with Crippen molar-refractivity contribution in [1.82, 2.24) is 15.0 Å². The van der Waals surface area contributed by atoms with E-state index in [9.17, 15) is 0 Å². The molecule has 0 aliphatic carbocycles. The van der Waals surface area contributed by atoms with Gasteiger partial charge in [-0.15, -0.1) is 0 Å². The normalized spacial score (nSPS) is 10.7. The SMILES string of the molecule is CCNc1nc(OCC)nc(N(CCCO)C(C)C)n1. The van der Waals surface area contributed by atoms with E-state index >= 15 is 0 Å². The van der Waals surface area contributed by atoms with Gasteiger partial charge >= 0.3 is 6.01 Å². The fourth-order valence-electron chi connectivity index (χ4n) is 1.74. The molecule has 0 aromatic carbocycles. The lowest BCUT2D eigenvalue weighted by atomic mass is 10.3. The predicted molar refractivity (Wildman–Crippen MR) is 79.3 cm³/mol. The van der Waals surface area contributed by atoms with E-state index in [2.05, 4.69) is 34.1 Å². The van der Waals surface area contributed by atoms with E-state index < -0.39 is 0 Å². The van der Waals surface area contributed by atoms with Crippen molar-refractivity contribution in [3.8, 4) is 6.01 Å². The second kappa shape index (κ2) is 8.52. The Balaban J connectivity index is 3.04. The molecule has 0 spiro atoms. The molecule has 7 heteroatoms. The largest absolute Gasteiger partial charge is 0.464 e. The van der Waals surface area contributed by atoms with Gasteiger partial charge in [0, 0.05) is 25.7 Å². The van der Waals surface area contributed by atoms with E-state index in [4.69, 9.17) is 9.84 Å². The van der Waals surface area contributed by atoms with Gasteiger partial charge < -0.3 is 20.1 Å². The molecule has 20 heavy (non-hydrogen) atoms. The predicted octanol–water partition coefficient (Wildman–Crippen LogP) is 1.30. The Kier molecular flexibility index (Phi) is 7.00. The summed E-state index contributed by atoms with van der Waals surface area (Å²) in [6.45, 7) is 10.1. The summed E-state index contributed by atoms with van der Waals surface area (Å²) in [6, 6.07) is 0.552. The summed E-state index contributed by atoms with van der Waals surface area (Å²) in [4.78, 5) is 15.0. The number of hydrogen-bond acceptors (Lipinski definition) is 7. The van der Waals surface area contributed by atoms with E-state index in [-0.39, 0.29) is 12.6 Å². The Morgan fingerprint density at radius 2 is 2.00 bits per heavy atom. The Bertz CT molecular complexity index is 376. The number of aliphatic hydroxyl groups excluding tert-OH is 1. The van der Waals surface area contributed by atoms with Crippen LogP contribution in [0, 0.1) is 0 Å². The fraction of sp³-hybridized carbons (Fsp3) is 0.769. The Morgan fingerprint density at radius 1 is 1.25 bits per heavy atom. The maximum atomic E-state index is 9.00. The van der Waals surface area contributed by atoms with Crippen LogP contribution in [0.5, 0.6) is 6.01 Å². The van der Waals surface area contributed by atoms with Crippen molar-refractivity contribution < 1.29 is 9.84 Å². The van der Waals surface area contributed by atoms with Crippen LogP contribution in [-0.4, -0.2) is 52.4 Å². The highest BCUT2D eigenvalue weighted by atomic mass is 16.5. The second-order valence-corrected chi connectivity index (χ2v) is 4.57. The molecule has 7 nitrogen and oxygen atoms in total. The smallest absolute Gasteiger partial charge is 0.323 e. The van der Waals surface area contributed by atoms with Crippen molar-refractivity contribution in [2.75, 3.05) is 36.5 Å². The molecular formula is C13H25N5O2.